The van der Waals surface area contributed by atoms with E-state index in [4.69, 9.17) is 0 Å². The van der Waals surface area contributed by atoms with Gasteiger partial charge in [-0.05, 0) is 78.5 Å². The van der Waals surface area contributed by atoms with E-state index in [-0.39, 0.29) is 0 Å². The fraction of sp³-hybridized carbons (Fsp3) is 0.364. The van der Waals surface area contributed by atoms with Crippen molar-refractivity contribution in [3.8, 4) is 0 Å². The monoisotopic (exact) mass is 459 g/mol. The van der Waals surface area contributed by atoms with Crippen molar-refractivity contribution in [3.63, 3.8) is 0 Å². The molecule has 2 aromatic rings. The zero-order valence-electron chi connectivity index (χ0n) is 17.7. The van der Waals surface area contributed by atoms with Crippen LogP contribution in [0.15, 0.2) is 39.6 Å². The summed E-state index contributed by atoms with van der Waals surface area (Å²) < 4.78 is 35.6. The van der Waals surface area contributed by atoms with Crippen molar-refractivity contribution < 1.29 is 13.1 Å². The summed E-state index contributed by atoms with van der Waals surface area (Å²) in [6.45, 7) is 7.61. The predicted molar refractivity (Wildman–Crippen MR) is 119 cm³/mol. The quantitative estimate of drug-likeness (QED) is 0.513. The Morgan fingerprint density at radius 2 is 1.79 bits per heavy atom. The minimum absolute atomic E-state index is 0.606. The van der Waals surface area contributed by atoms with Crippen molar-refractivity contribution >= 4 is 34.2 Å². The molecule has 0 N–H and O–H groups in total. The van der Waals surface area contributed by atoms with Gasteiger partial charge in [-0.25, -0.2) is 0 Å². The molecule has 0 saturated heterocycles. The molecule has 0 spiro atoms. The number of allylic oxidation sites excluding steroid dienone is 2. The van der Waals surface area contributed by atoms with Crippen LogP contribution in [0.1, 0.15) is 62.3 Å². The number of nitrogens with zero attached hydrogens (tertiary/aromatic N) is 3. The van der Waals surface area contributed by atoms with E-state index < -0.39 is 6.97 Å². The van der Waals surface area contributed by atoms with Crippen molar-refractivity contribution in [1.29, 1.82) is 0 Å². The minimum atomic E-state index is -3.99. The number of pyridine rings is 1. The van der Waals surface area contributed by atoms with Gasteiger partial charge >= 0.3 is 6.97 Å². The number of rotatable bonds is 3. The second-order valence-corrected chi connectivity index (χ2v) is 8.76. The molecular formula is C22H25BBrF2N3. The number of hydrogen-bond donors (Lipinski definition) is 0. The number of hydrogen-bond acceptors (Lipinski definition) is 1. The maximum Gasteiger partial charge on any atom is 0.737 e. The van der Waals surface area contributed by atoms with Crippen LogP contribution in [-0.4, -0.2) is 26.6 Å². The van der Waals surface area contributed by atoms with E-state index in [0.29, 0.717) is 28.5 Å². The van der Waals surface area contributed by atoms with Crippen LogP contribution in [0.3, 0.4) is 0 Å². The van der Waals surface area contributed by atoms with Crippen molar-refractivity contribution in [3.05, 3.63) is 67.9 Å². The third-order valence-electron chi connectivity index (χ3n) is 6.48. The molecule has 0 unspecified atom stereocenters. The van der Waals surface area contributed by atoms with Gasteiger partial charge in [-0.3, -0.25) is 4.98 Å². The van der Waals surface area contributed by atoms with E-state index in [1.54, 1.807) is 6.20 Å². The van der Waals surface area contributed by atoms with Crippen LogP contribution in [0.5, 0.6) is 0 Å². The van der Waals surface area contributed by atoms with Gasteiger partial charge in [0, 0.05) is 34.4 Å². The van der Waals surface area contributed by atoms with Crippen LogP contribution < -0.4 is 0 Å². The lowest BCUT2D eigenvalue weighted by atomic mass is 9.85. The van der Waals surface area contributed by atoms with Gasteiger partial charge in [0.15, 0.2) is 5.70 Å². The molecule has 3 nitrogen and oxygen atoms in total. The minimum Gasteiger partial charge on any atom is -0.393 e. The Kier molecular flexibility index (Phi) is 4.72. The fourth-order valence-corrected chi connectivity index (χ4v) is 5.48. The summed E-state index contributed by atoms with van der Waals surface area (Å²) in [6, 6.07) is 3.82. The first-order valence-electron chi connectivity index (χ1n) is 10.1. The summed E-state index contributed by atoms with van der Waals surface area (Å²) in [5, 5.41) is 0. The summed E-state index contributed by atoms with van der Waals surface area (Å²) in [7, 11) is 0. The van der Waals surface area contributed by atoms with Crippen molar-refractivity contribution in [2.45, 2.75) is 54.4 Å². The average molecular weight is 460 g/mol. The molecule has 0 aromatic carbocycles. The highest BCUT2D eigenvalue weighted by Gasteiger charge is 2.56. The molecule has 2 aliphatic rings. The smallest absolute Gasteiger partial charge is 0.393 e. The van der Waals surface area contributed by atoms with Gasteiger partial charge in [-0.1, -0.05) is 13.8 Å². The van der Waals surface area contributed by atoms with Gasteiger partial charge in [0.1, 0.15) is 5.71 Å². The second kappa shape index (κ2) is 6.76. The fourth-order valence-electron chi connectivity index (χ4n) is 5.24. The largest absolute Gasteiger partial charge is 0.737 e. The highest BCUT2D eigenvalue weighted by Crippen LogP contribution is 2.46. The topological polar surface area (TPSA) is 20.8 Å². The standard InChI is InChI=1S/C22H25BBrF2N3/c1-7-17-12(3)21-20(19-10-9-16(24)11-27-19)22-13(4)18(8-2)15(6)29(22)23(25,26)28(21)14(17)5/h9-11H,7-8H2,1-6H3. The highest BCUT2D eigenvalue weighted by atomic mass is 79.9. The Labute approximate surface area is 179 Å². The summed E-state index contributed by atoms with van der Waals surface area (Å²) in [5.74, 6) is 0. The van der Waals surface area contributed by atoms with E-state index in [1.165, 1.54) is 8.96 Å². The van der Waals surface area contributed by atoms with Gasteiger partial charge in [0.05, 0.1) is 11.3 Å². The van der Waals surface area contributed by atoms with Gasteiger partial charge in [-0.2, -0.15) is 0 Å². The van der Waals surface area contributed by atoms with E-state index in [9.17, 15) is 0 Å². The van der Waals surface area contributed by atoms with Gasteiger partial charge in [-0.15, -0.1) is 0 Å². The molecule has 0 atom stereocenters. The molecule has 2 aromatic heterocycles. The maximum absolute atomic E-state index is 16.1. The molecule has 0 radical (unpaired) electrons. The SMILES string of the molecule is CCC1=C(C)C2=C(c3ccc(Br)cn3)c3c(C)c(CC)c(C)n3[B-](F)(F)[N+]2=C1C. The zero-order valence-corrected chi connectivity index (χ0v) is 19.3. The maximum atomic E-state index is 16.1. The average Bonchev–Trinajstić information content (AvgIpc) is 3.08. The van der Waals surface area contributed by atoms with Crippen molar-refractivity contribution in [2.75, 3.05) is 0 Å². The Balaban J connectivity index is 2.22. The molecule has 0 aliphatic carbocycles. The second-order valence-electron chi connectivity index (χ2n) is 7.85. The molecular weight excluding hydrogens is 435 g/mol. The van der Waals surface area contributed by atoms with E-state index in [2.05, 4.69) is 20.9 Å². The van der Waals surface area contributed by atoms with E-state index in [1.807, 2.05) is 53.7 Å². The highest BCUT2D eigenvalue weighted by molar-refractivity contribution is 9.10. The Morgan fingerprint density at radius 1 is 1.10 bits per heavy atom. The normalized spacial score (nSPS) is 18.0. The first kappa shape index (κ1) is 20.3. The lowest BCUT2D eigenvalue weighted by Crippen LogP contribution is -2.51. The zero-order chi connectivity index (χ0) is 21.2. The third-order valence-corrected chi connectivity index (χ3v) is 6.95. The Morgan fingerprint density at radius 3 is 2.34 bits per heavy atom. The van der Waals surface area contributed by atoms with Crippen LogP contribution in [0.4, 0.5) is 8.63 Å². The van der Waals surface area contributed by atoms with Crippen LogP contribution in [-0.2, 0) is 6.42 Å². The number of aromatic nitrogens is 2. The molecule has 2 aliphatic heterocycles. The Bertz CT molecular complexity index is 1140. The van der Waals surface area contributed by atoms with Gasteiger partial charge < -0.3 is 17.6 Å². The van der Waals surface area contributed by atoms with Crippen LogP contribution >= 0.6 is 15.9 Å². The third kappa shape index (κ3) is 2.59. The lowest BCUT2D eigenvalue weighted by Gasteiger charge is -2.33. The van der Waals surface area contributed by atoms with Gasteiger partial charge in [0.2, 0.25) is 0 Å². The molecule has 0 saturated carbocycles. The molecule has 0 amide bonds. The Hall–Kier alpha value is -2.02. The summed E-state index contributed by atoms with van der Waals surface area (Å²) in [4.78, 5) is 4.61. The van der Waals surface area contributed by atoms with Crippen LogP contribution in [0.2, 0.25) is 0 Å². The molecule has 0 bridgehead atoms. The van der Waals surface area contributed by atoms with Crippen LogP contribution in [0, 0.1) is 13.8 Å². The molecule has 29 heavy (non-hydrogen) atoms. The van der Waals surface area contributed by atoms with E-state index in [0.717, 1.165) is 45.2 Å². The van der Waals surface area contributed by atoms with Gasteiger partial charge in [0.25, 0.3) is 0 Å². The summed E-state index contributed by atoms with van der Waals surface area (Å²) in [6.07, 6.45) is 3.17. The van der Waals surface area contributed by atoms with Crippen molar-refractivity contribution in [2.24, 2.45) is 0 Å². The molecule has 4 rings (SSSR count). The number of fused-ring (bicyclic) bond motifs is 2. The van der Waals surface area contributed by atoms with Crippen molar-refractivity contribution in [1.82, 2.24) is 9.46 Å². The first-order chi connectivity index (χ1) is 13.7. The summed E-state index contributed by atoms with van der Waals surface area (Å²) in [5.41, 5.74) is 7.86. The molecule has 7 heteroatoms. The first-order valence-corrected chi connectivity index (χ1v) is 10.9. The summed E-state index contributed by atoms with van der Waals surface area (Å²) >= 11 is 3.43. The van der Waals surface area contributed by atoms with Crippen LogP contribution in [0.25, 0.3) is 5.57 Å². The number of halogens is 3. The lowest BCUT2D eigenvalue weighted by molar-refractivity contribution is -0.363. The molecule has 4 heterocycles. The predicted octanol–water partition coefficient (Wildman–Crippen LogP) is 6.03. The molecule has 0 fully saturated rings. The van der Waals surface area contributed by atoms with E-state index >= 15 is 8.63 Å². The molecule has 152 valence electrons.